The standard InChI is InChI=1S/C15H22N2O3/c1-4-11(5-2)10-17(6-3)14(18)12-8-7-9-13(16-12)15(19)20/h7-9,11H,4-6,10H2,1-3H3,(H,19,20). The summed E-state index contributed by atoms with van der Waals surface area (Å²) in [5.41, 5.74) is 0.0899. The number of carbonyl (C=O) groups is 2. The summed E-state index contributed by atoms with van der Waals surface area (Å²) in [5, 5.41) is 8.92. The summed E-state index contributed by atoms with van der Waals surface area (Å²) >= 11 is 0. The van der Waals surface area contributed by atoms with Gasteiger partial charge in [-0.15, -0.1) is 0 Å². The van der Waals surface area contributed by atoms with E-state index in [4.69, 9.17) is 5.11 Å². The van der Waals surface area contributed by atoms with Crippen LogP contribution >= 0.6 is 0 Å². The van der Waals surface area contributed by atoms with Crippen LogP contribution in [0.3, 0.4) is 0 Å². The smallest absolute Gasteiger partial charge is 0.354 e. The summed E-state index contributed by atoms with van der Waals surface area (Å²) < 4.78 is 0. The first-order valence-electron chi connectivity index (χ1n) is 7.03. The predicted molar refractivity (Wildman–Crippen MR) is 76.8 cm³/mol. The molecular formula is C15H22N2O3. The molecule has 5 heteroatoms. The highest BCUT2D eigenvalue weighted by Crippen LogP contribution is 2.12. The molecule has 1 N–H and O–H groups in total. The molecule has 0 aliphatic rings. The van der Waals surface area contributed by atoms with E-state index < -0.39 is 5.97 Å². The van der Waals surface area contributed by atoms with Gasteiger partial charge in [0.15, 0.2) is 0 Å². The Kier molecular flexibility index (Phi) is 6.15. The van der Waals surface area contributed by atoms with E-state index in [1.165, 1.54) is 6.07 Å². The van der Waals surface area contributed by atoms with Crippen LogP contribution in [0.1, 0.15) is 54.6 Å². The van der Waals surface area contributed by atoms with Crippen molar-refractivity contribution >= 4 is 11.9 Å². The molecule has 1 rings (SSSR count). The quantitative estimate of drug-likeness (QED) is 0.832. The molecule has 0 bridgehead atoms. The number of hydrogen-bond acceptors (Lipinski definition) is 3. The predicted octanol–water partition coefficient (Wildman–Crippen LogP) is 2.68. The van der Waals surface area contributed by atoms with Crippen LogP contribution in [-0.4, -0.2) is 40.0 Å². The highest BCUT2D eigenvalue weighted by Gasteiger charge is 2.19. The molecule has 0 aromatic carbocycles. The SMILES string of the molecule is CCC(CC)CN(CC)C(=O)c1cccc(C(=O)O)n1. The highest BCUT2D eigenvalue weighted by molar-refractivity contribution is 5.94. The molecule has 0 radical (unpaired) electrons. The minimum Gasteiger partial charge on any atom is -0.477 e. The lowest BCUT2D eigenvalue weighted by molar-refractivity contribution is 0.0689. The fourth-order valence-corrected chi connectivity index (χ4v) is 2.05. The van der Waals surface area contributed by atoms with Crippen molar-refractivity contribution in [3.05, 3.63) is 29.6 Å². The lowest BCUT2D eigenvalue weighted by Crippen LogP contribution is -2.35. The Morgan fingerprint density at radius 1 is 1.20 bits per heavy atom. The third kappa shape index (κ3) is 4.05. The number of nitrogens with zero attached hydrogens (tertiary/aromatic N) is 2. The van der Waals surface area contributed by atoms with Crippen LogP contribution < -0.4 is 0 Å². The van der Waals surface area contributed by atoms with Crippen molar-refractivity contribution in [1.82, 2.24) is 9.88 Å². The third-order valence-corrected chi connectivity index (χ3v) is 3.49. The van der Waals surface area contributed by atoms with Crippen LogP contribution in [0, 0.1) is 5.92 Å². The minimum atomic E-state index is -1.12. The first-order valence-corrected chi connectivity index (χ1v) is 7.03. The summed E-state index contributed by atoms with van der Waals surface area (Å²) in [6.45, 7) is 7.41. The fraction of sp³-hybridized carbons (Fsp3) is 0.533. The molecule has 0 saturated carbocycles. The Bertz CT molecular complexity index is 470. The van der Waals surface area contributed by atoms with Gasteiger partial charge in [0.2, 0.25) is 0 Å². The maximum absolute atomic E-state index is 12.4. The largest absolute Gasteiger partial charge is 0.477 e. The molecule has 1 aromatic rings. The zero-order chi connectivity index (χ0) is 15.1. The Morgan fingerprint density at radius 2 is 1.80 bits per heavy atom. The van der Waals surface area contributed by atoms with Crippen molar-refractivity contribution < 1.29 is 14.7 Å². The Balaban J connectivity index is 2.90. The summed E-state index contributed by atoms with van der Waals surface area (Å²) in [4.78, 5) is 28.9. The average Bonchev–Trinajstić information content (AvgIpc) is 2.48. The summed E-state index contributed by atoms with van der Waals surface area (Å²) in [7, 11) is 0. The first-order chi connectivity index (χ1) is 9.53. The van der Waals surface area contributed by atoms with E-state index in [-0.39, 0.29) is 17.3 Å². The van der Waals surface area contributed by atoms with Gasteiger partial charge in [0, 0.05) is 13.1 Å². The van der Waals surface area contributed by atoms with Crippen molar-refractivity contribution in [3.8, 4) is 0 Å². The second-order valence-corrected chi connectivity index (χ2v) is 4.74. The van der Waals surface area contributed by atoms with E-state index >= 15 is 0 Å². The molecule has 1 heterocycles. The van der Waals surface area contributed by atoms with Gasteiger partial charge >= 0.3 is 5.97 Å². The Morgan fingerprint density at radius 3 is 2.30 bits per heavy atom. The van der Waals surface area contributed by atoms with Crippen LogP contribution in [0.25, 0.3) is 0 Å². The van der Waals surface area contributed by atoms with Crippen LogP contribution in [0.15, 0.2) is 18.2 Å². The zero-order valence-electron chi connectivity index (χ0n) is 12.3. The van der Waals surface area contributed by atoms with Crippen molar-refractivity contribution in [2.24, 2.45) is 5.92 Å². The molecule has 0 unspecified atom stereocenters. The van der Waals surface area contributed by atoms with Gasteiger partial charge in [0.1, 0.15) is 11.4 Å². The van der Waals surface area contributed by atoms with Crippen LogP contribution in [-0.2, 0) is 0 Å². The van der Waals surface area contributed by atoms with E-state index in [1.54, 1.807) is 17.0 Å². The maximum atomic E-state index is 12.4. The first kappa shape index (κ1) is 16.1. The Labute approximate surface area is 119 Å². The van der Waals surface area contributed by atoms with Gasteiger partial charge < -0.3 is 10.0 Å². The topological polar surface area (TPSA) is 70.5 Å². The second-order valence-electron chi connectivity index (χ2n) is 4.74. The van der Waals surface area contributed by atoms with Gasteiger partial charge in [-0.05, 0) is 25.0 Å². The summed E-state index contributed by atoms with van der Waals surface area (Å²) in [6.07, 6.45) is 2.03. The molecule has 5 nitrogen and oxygen atoms in total. The second kappa shape index (κ2) is 7.62. The molecule has 0 fully saturated rings. The number of carboxylic acid groups (broad SMARTS) is 1. The van der Waals surface area contributed by atoms with Crippen molar-refractivity contribution in [3.63, 3.8) is 0 Å². The minimum absolute atomic E-state index is 0.102. The lowest BCUT2D eigenvalue weighted by atomic mass is 10.0. The van der Waals surface area contributed by atoms with E-state index in [9.17, 15) is 9.59 Å². The summed E-state index contributed by atoms with van der Waals surface area (Å²) in [6, 6.07) is 4.50. The van der Waals surface area contributed by atoms with E-state index in [0.29, 0.717) is 19.0 Å². The lowest BCUT2D eigenvalue weighted by Gasteiger charge is -2.25. The van der Waals surface area contributed by atoms with Gasteiger partial charge in [0.25, 0.3) is 5.91 Å². The monoisotopic (exact) mass is 278 g/mol. The van der Waals surface area contributed by atoms with Gasteiger partial charge in [-0.1, -0.05) is 32.8 Å². The van der Waals surface area contributed by atoms with Gasteiger partial charge in [-0.3, -0.25) is 4.79 Å². The Hall–Kier alpha value is -1.91. The molecule has 110 valence electrons. The molecule has 20 heavy (non-hydrogen) atoms. The van der Waals surface area contributed by atoms with Crippen LogP contribution in [0.2, 0.25) is 0 Å². The van der Waals surface area contributed by atoms with Gasteiger partial charge in [-0.25, -0.2) is 9.78 Å². The number of carbonyl (C=O) groups excluding carboxylic acids is 1. The zero-order valence-corrected chi connectivity index (χ0v) is 12.3. The normalized spacial score (nSPS) is 10.6. The number of aromatic nitrogens is 1. The highest BCUT2D eigenvalue weighted by atomic mass is 16.4. The van der Waals surface area contributed by atoms with E-state index in [1.807, 2.05) is 6.92 Å². The molecule has 0 atom stereocenters. The summed E-state index contributed by atoms with van der Waals surface area (Å²) in [5.74, 6) is -0.869. The molecule has 0 aliphatic carbocycles. The number of carboxylic acids is 1. The number of pyridine rings is 1. The molecule has 1 amide bonds. The van der Waals surface area contributed by atoms with Gasteiger partial charge in [0.05, 0.1) is 0 Å². The molecule has 0 spiro atoms. The molecule has 0 aliphatic heterocycles. The van der Waals surface area contributed by atoms with E-state index in [0.717, 1.165) is 12.8 Å². The van der Waals surface area contributed by atoms with Crippen molar-refractivity contribution in [2.45, 2.75) is 33.6 Å². The molecule has 1 aromatic heterocycles. The van der Waals surface area contributed by atoms with Crippen molar-refractivity contribution in [2.75, 3.05) is 13.1 Å². The van der Waals surface area contributed by atoms with Crippen LogP contribution in [0.4, 0.5) is 0 Å². The third-order valence-electron chi connectivity index (χ3n) is 3.49. The maximum Gasteiger partial charge on any atom is 0.354 e. The van der Waals surface area contributed by atoms with Gasteiger partial charge in [-0.2, -0.15) is 0 Å². The van der Waals surface area contributed by atoms with Crippen LogP contribution in [0.5, 0.6) is 0 Å². The number of hydrogen-bond donors (Lipinski definition) is 1. The number of amides is 1. The molecular weight excluding hydrogens is 256 g/mol. The number of aromatic carboxylic acids is 1. The van der Waals surface area contributed by atoms with E-state index in [2.05, 4.69) is 18.8 Å². The van der Waals surface area contributed by atoms with Crippen molar-refractivity contribution in [1.29, 1.82) is 0 Å². The molecule has 0 saturated heterocycles. The fourth-order valence-electron chi connectivity index (χ4n) is 2.05. The average molecular weight is 278 g/mol. The number of rotatable bonds is 7.